The predicted molar refractivity (Wildman–Crippen MR) is 65.8 cm³/mol. The second-order valence-corrected chi connectivity index (χ2v) is 5.00. The Kier molecular flexibility index (Phi) is 3.90. The minimum Gasteiger partial charge on any atom is -0.303 e. The third-order valence-corrected chi connectivity index (χ3v) is 3.59. The van der Waals surface area contributed by atoms with E-state index in [9.17, 15) is 4.79 Å². The number of aryl methyl sites for hydroxylation is 1. The number of nitrogens with one attached hydrogen (secondary N) is 1. The number of carbonyl (C=O) groups is 1. The third kappa shape index (κ3) is 3.28. The second kappa shape index (κ2) is 5.41. The molecule has 2 heterocycles. The molecule has 1 aliphatic rings. The van der Waals surface area contributed by atoms with Crippen molar-refractivity contribution < 1.29 is 4.79 Å². The summed E-state index contributed by atoms with van der Waals surface area (Å²) >= 11 is 1.48. The molecule has 4 nitrogen and oxygen atoms in total. The Morgan fingerprint density at radius 3 is 2.94 bits per heavy atom. The fourth-order valence-electron chi connectivity index (χ4n) is 1.86. The van der Waals surface area contributed by atoms with Gasteiger partial charge in [-0.25, -0.2) is 4.98 Å². The topological polar surface area (TPSA) is 45.2 Å². The van der Waals surface area contributed by atoms with Gasteiger partial charge in [0.25, 0.3) is 0 Å². The molecule has 0 unspecified atom stereocenters. The van der Waals surface area contributed by atoms with E-state index in [2.05, 4.69) is 15.2 Å². The highest BCUT2D eigenvalue weighted by molar-refractivity contribution is 7.13. The summed E-state index contributed by atoms with van der Waals surface area (Å²) in [5.74, 6) is 0.0706. The molecule has 0 aliphatic carbocycles. The number of thiazole rings is 1. The van der Waals surface area contributed by atoms with Crippen LogP contribution in [0.5, 0.6) is 0 Å². The molecule has 2 rings (SSSR count). The minimum absolute atomic E-state index is 0.0706. The third-order valence-electron chi connectivity index (χ3n) is 2.72. The highest BCUT2D eigenvalue weighted by atomic mass is 32.1. The standard InChI is InChI=1S/C11H17N3OS/c1-9-8-16-11(12-9)13-10(15)4-7-14-5-2-3-6-14/h8H,2-7H2,1H3,(H,12,13,15). The number of hydrogen-bond acceptors (Lipinski definition) is 4. The summed E-state index contributed by atoms with van der Waals surface area (Å²) < 4.78 is 0. The largest absolute Gasteiger partial charge is 0.303 e. The van der Waals surface area contributed by atoms with E-state index < -0.39 is 0 Å². The molecular weight excluding hydrogens is 222 g/mol. The van der Waals surface area contributed by atoms with Gasteiger partial charge in [0.1, 0.15) is 0 Å². The van der Waals surface area contributed by atoms with Gasteiger partial charge in [0.2, 0.25) is 5.91 Å². The van der Waals surface area contributed by atoms with Crippen molar-refractivity contribution in [2.75, 3.05) is 25.0 Å². The van der Waals surface area contributed by atoms with Gasteiger partial charge in [-0.15, -0.1) is 11.3 Å². The number of carbonyl (C=O) groups excluding carboxylic acids is 1. The first kappa shape index (κ1) is 11.5. The summed E-state index contributed by atoms with van der Waals surface area (Å²) in [5.41, 5.74) is 0.958. The van der Waals surface area contributed by atoms with Crippen LogP contribution in [0.3, 0.4) is 0 Å². The first-order chi connectivity index (χ1) is 7.74. The molecule has 0 atom stereocenters. The van der Waals surface area contributed by atoms with E-state index in [0.29, 0.717) is 11.6 Å². The quantitative estimate of drug-likeness (QED) is 0.872. The van der Waals surface area contributed by atoms with Crippen molar-refractivity contribution >= 4 is 22.4 Å². The van der Waals surface area contributed by atoms with Gasteiger partial charge in [0, 0.05) is 18.3 Å². The summed E-state index contributed by atoms with van der Waals surface area (Å²) in [6, 6.07) is 0. The van der Waals surface area contributed by atoms with Crippen LogP contribution in [0.2, 0.25) is 0 Å². The lowest BCUT2D eigenvalue weighted by atomic mass is 10.4. The Labute approximate surface area is 99.7 Å². The van der Waals surface area contributed by atoms with Gasteiger partial charge < -0.3 is 10.2 Å². The Bertz CT molecular complexity index is 358. The Balaban J connectivity index is 1.71. The molecule has 1 saturated heterocycles. The maximum absolute atomic E-state index is 11.6. The Morgan fingerprint density at radius 1 is 1.56 bits per heavy atom. The van der Waals surface area contributed by atoms with Crippen molar-refractivity contribution in [1.29, 1.82) is 0 Å². The number of rotatable bonds is 4. The van der Waals surface area contributed by atoms with Crippen molar-refractivity contribution in [2.45, 2.75) is 26.2 Å². The van der Waals surface area contributed by atoms with E-state index in [0.717, 1.165) is 25.3 Å². The van der Waals surface area contributed by atoms with Crippen LogP contribution in [0.25, 0.3) is 0 Å². The van der Waals surface area contributed by atoms with Crippen LogP contribution in [-0.4, -0.2) is 35.4 Å². The van der Waals surface area contributed by atoms with Gasteiger partial charge in [-0.05, 0) is 32.9 Å². The molecule has 16 heavy (non-hydrogen) atoms. The predicted octanol–water partition coefficient (Wildman–Crippen LogP) is 1.88. The highest BCUT2D eigenvalue weighted by Crippen LogP contribution is 2.14. The number of likely N-dealkylation sites (tertiary alicyclic amines) is 1. The van der Waals surface area contributed by atoms with Gasteiger partial charge in [-0.3, -0.25) is 4.79 Å². The van der Waals surface area contributed by atoms with Crippen LogP contribution >= 0.6 is 11.3 Å². The number of anilines is 1. The van der Waals surface area contributed by atoms with Gasteiger partial charge >= 0.3 is 0 Å². The number of amides is 1. The van der Waals surface area contributed by atoms with Crippen molar-refractivity contribution in [3.63, 3.8) is 0 Å². The molecule has 0 bridgehead atoms. The molecule has 1 aliphatic heterocycles. The maximum atomic E-state index is 11.6. The van der Waals surface area contributed by atoms with E-state index in [1.165, 1.54) is 24.2 Å². The highest BCUT2D eigenvalue weighted by Gasteiger charge is 2.13. The molecule has 1 amide bonds. The maximum Gasteiger partial charge on any atom is 0.227 e. The van der Waals surface area contributed by atoms with E-state index in [1.807, 2.05) is 12.3 Å². The summed E-state index contributed by atoms with van der Waals surface area (Å²) in [6.07, 6.45) is 3.11. The average Bonchev–Trinajstić information content (AvgIpc) is 2.87. The van der Waals surface area contributed by atoms with Crippen LogP contribution in [-0.2, 0) is 4.79 Å². The van der Waals surface area contributed by atoms with Crippen LogP contribution < -0.4 is 5.32 Å². The average molecular weight is 239 g/mol. The van der Waals surface area contributed by atoms with Gasteiger partial charge in [-0.1, -0.05) is 0 Å². The lowest BCUT2D eigenvalue weighted by Crippen LogP contribution is -2.25. The second-order valence-electron chi connectivity index (χ2n) is 4.14. The molecule has 1 aromatic heterocycles. The van der Waals surface area contributed by atoms with Gasteiger partial charge in [0.15, 0.2) is 5.13 Å². The summed E-state index contributed by atoms with van der Waals surface area (Å²) in [5, 5.41) is 5.48. The van der Waals surface area contributed by atoms with Crippen LogP contribution in [0.15, 0.2) is 5.38 Å². The zero-order valence-corrected chi connectivity index (χ0v) is 10.3. The first-order valence-corrected chi connectivity index (χ1v) is 6.56. The smallest absolute Gasteiger partial charge is 0.227 e. The van der Waals surface area contributed by atoms with Crippen LogP contribution in [0.4, 0.5) is 5.13 Å². The van der Waals surface area contributed by atoms with Crippen molar-refractivity contribution in [3.05, 3.63) is 11.1 Å². The van der Waals surface area contributed by atoms with E-state index in [4.69, 9.17) is 0 Å². The zero-order valence-electron chi connectivity index (χ0n) is 9.53. The molecule has 1 aromatic rings. The molecule has 1 N–H and O–H groups in total. The van der Waals surface area contributed by atoms with Gasteiger partial charge in [0.05, 0.1) is 5.69 Å². The SMILES string of the molecule is Cc1csc(NC(=O)CCN2CCCC2)n1. The molecule has 0 spiro atoms. The first-order valence-electron chi connectivity index (χ1n) is 5.68. The molecule has 88 valence electrons. The molecular formula is C11H17N3OS. The van der Waals surface area contributed by atoms with E-state index in [-0.39, 0.29) is 5.91 Å². The van der Waals surface area contributed by atoms with E-state index in [1.54, 1.807) is 0 Å². The van der Waals surface area contributed by atoms with Crippen LogP contribution in [0.1, 0.15) is 25.0 Å². The number of nitrogens with zero attached hydrogens (tertiary/aromatic N) is 2. The molecule has 0 aromatic carbocycles. The number of aromatic nitrogens is 1. The molecule has 0 saturated carbocycles. The lowest BCUT2D eigenvalue weighted by molar-refractivity contribution is -0.116. The minimum atomic E-state index is 0.0706. The van der Waals surface area contributed by atoms with E-state index >= 15 is 0 Å². The van der Waals surface area contributed by atoms with Gasteiger partial charge in [-0.2, -0.15) is 0 Å². The van der Waals surface area contributed by atoms with Crippen molar-refractivity contribution in [2.24, 2.45) is 0 Å². The molecule has 0 radical (unpaired) electrons. The summed E-state index contributed by atoms with van der Waals surface area (Å²) in [6.45, 7) is 5.08. The van der Waals surface area contributed by atoms with Crippen molar-refractivity contribution in [1.82, 2.24) is 9.88 Å². The van der Waals surface area contributed by atoms with Crippen molar-refractivity contribution in [3.8, 4) is 0 Å². The fraction of sp³-hybridized carbons (Fsp3) is 0.636. The number of hydrogen-bond donors (Lipinski definition) is 1. The molecule has 5 heteroatoms. The fourth-order valence-corrected chi connectivity index (χ4v) is 2.56. The van der Waals surface area contributed by atoms with Crippen LogP contribution in [0, 0.1) is 6.92 Å². The Hall–Kier alpha value is -0.940. The summed E-state index contributed by atoms with van der Waals surface area (Å²) in [4.78, 5) is 18.2. The normalized spacial score (nSPS) is 16.6. The Morgan fingerprint density at radius 2 is 2.31 bits per heavy atom. The summed E-state index contributed by atoms with van der Waals surface area (Å²) in [7, 11) is 0. The monoisotopic (exact) mass is 239 g/mol. The molecule has 1 fully saturated rings. The zero-order chi connectivity index (χ0) is 11.4. The lowest BCUT2D eigenvalue weighted by Gasteiger charge is -2.13.